The number of benzene rings is 2. The van der Waals surface area contributed by atoms with Gasteiger partial charge < -0.3 is 15.4 Å². The fourth-order valence-electron chi connectivity index (χ4n) is 2.55. The van der Waals surface area contributed by atoms with Crippen LogP contribution in [0.3, 0.4) is 0 Å². The van der Waals surface area contributed by atoms with Gasteiger partial charge in [-0.25, -0.2) is 17.6 Å². The van der Waals surface area contributed by atoms with Crippen molar-refractivity contribution >= 4 is 21.7 Å². The Morgan fingerprint density at radius 3 is 2.24 bits per heavy atom. The molecule has 0 aliphatic rings. The molecule has 0 saturated carbocycles. The Labute approximate surface area is 170 Å². The molecule has 1 atom stereocenters. The summed E-state index contributed by atoms with van der Waals surface area (Å²) in [5, 5.41) is 5.34. The predicted octanol–water partition coefficient (Wildman–Crippen LogP) is 3.75. The van der Waals surface area contributed by atoms with Gasteiger partial charge in [0.2, 0.25) is 10.0 Å². The highest BCUT2D eigenvalue weighted by Crippen LogP contribution is 2.22. The highest BCUT2D eigenvalue weighted by molar-refractivity contribution is 7.89. The van der Waals surface area contributed by atoms with Gasteiger partial charge >= 0.3 is 6.03 Å². The number of carbonyl (C=O) groups is 1. The maximum absolute atomic E-state index is 13.8. The van der Waals surface area contributed by atoms with Crippen molar-refractivity contribution in [1.29, 1.82) is 0 Å². The van der Waals surface area contributed by atoms with Crippen LogP contribution in [0.2, 0.25) is 0 Å². The van der Waals surface area contributed by atoms with Gasteiger partial charge in [-0.2, -0.15) is 4.31 Å². The number of halogens is 1. The van der Waals surface area contributed by atoms with Gasteiger partial charge in [0.25, 0.3) is 0 Å². The molecular formula is C20H26FN3O4S. The van der Waals surface area contributed by atoms with Crippen LogP contribution in [0.4, 0.5) is 14.9 Å². The number of nitrogens with zero attached hydrogens (tertiary/aromatic N) is 1. The zero-order chi connectivity index (χ0) is 21.8. The Morgan fingerprint density at radius 1 is 1.10 bits per heavy atom. The van der Waals surface area contributed by atoms with E-state index >= 15 is 0 Å². The Bertz CT molecular complexity index is 962. The van der Waals surface area contributed by atoms with Crippen molar-refractivity contribution in [1.82, 2.24) is 9.62 Å². The third kappa shape index (κ3) is 5.45. The van der Waals surface area contributed by atoms with E-state index in [2.05, 4.69) is 10.6 Å². The molecule has 2 aromatic carbocycles. The van der Waals surface area contributed by atoms with E-state index in [1.54, 1.807) is 26.8 Å². The predicted molar refractivity (Wildman–Crippen MR) is 110 cm³/mol. The average Bonchev–Trinajstić information content (AvgIpc) is 2.67. The fraction of sp³-hybridized carbons (Fsp3) is 0.350. The van der Waals surface area contributed by atoms with Crippen molar-refractivity contribution in [2.24, 2.45) is 0 Å². The molecule has 0 spiro atoms. The number of anilines is 1. The molecule has 0 saturated heterocycles. The summed E-state index contributed by atoms with van der Waals surface area (Å²) in [4.78, 5) is 12.4. The number of hydrogen-bond acceptors (Lipinski definition) is 4. The lowest BCUT2D eigenvalue weighted by Gasteiger charge is -2.21. The summed E-state index contributed by atoms with van der Waals surface area (Å²) in [5.74, 6) is -0.384. The summed E-state index contributed by atoms with van der Waals surface area (Å²) in [6.07, 6.45) is 0. The molecule has 2 amide bonds. The van der Waals surface area contributed by atoms with Crippen molar-refractivity contribution < 1.29 is 22.3 Å². The number of methoxy groups -OCH3 is 1. The van der Waals surface area contributed by atoms with Crippen molar-refractivity contribution in [3.05, 3.63) is 53.8 Å². The standard InChI is InChI=1S/C20H26FN3O4S/c1-13(2)24(4)29(26,27)17-9-7-16(8-10-17)23-20(25)22-14(3)15-6-11-19(28-5)18(21)12-15/h6-14H,1-5H3,(H2,22,23,25)/t14-/m1/s1. The number of sulfonamides is 1. The van der Waals surface area contributed by atoms with Crippen LogP contribution in [-0.4, -0.2) is 39.0 Å². The van der Waals surface area contributed by atoms with E-state index < -0.39 is 27.9 Å². The zero-order valence-electron chi connectivity index (χ0n) is 17.1. The molecule has 9 heteroatoms. The first-order chi connectivity index (χ1) is 13.6. The lowest BCUT2D eigenvalue weighted by molar-refractivity contribution is 0.249. The zero-order valence-corrected chi connectivity index (χ0v) is 17.9. The van der Waals surface area contributed by atoms with Crippen molar-refractivity contribution in [3.8, 4) is 5.75 Å². The molecule has 0 fully saturated rings. The SMILES string of the molecule is COc1ccc([C@@H](C)NC(=O)Nc2ccc(S(=O)(=O)N(C)C(C)C)cc2)cc1F. The second-order valence-electron chi connectivity index (χ2n) is 6.85. The van der Waals surface area contributed by atoms with Gasteiger partial charge in [-0.3, -0.25) is 0 Å². The molecule has 0 heterocycles. The highest BCUT2D eigenvalue weighted by atomic mass is 32.2. The Kier molecular flexibility index (Phi) is 7.21. The van der Waals surface area contributed by atoms with Crippen LogP contribution in [0.5, 0.6) is 5.75 Å². The third-order valence-corrected chi connectivity index (χ3v) is 6.59. The molecule has 0 aromatic heterocycles. The minimum absolute atomic E-state index is 0.128. The van der Waals surface area contributed by atoms with Crippen molar-refractivity contribution in [2.45, 2.75) is 37.8 Å². The Hall–Kier alpha value is -2.65. The van der Waals surface area contributed by atoms with Gasteiger partial charge in [-0.1, -0.05) is 6.07 Å². The van der Waals surface area contributed by atoms with Crippen LogP contribution in [0.15, 0.2) is 47.4 Å². The first kappa shape index (κ1) is 22.6. The lowest BCUT2D eigenvalue weighted by Crippen LogP contribution is -2.33. The molecule has 7 nitrogen and oxygen atoms in total. The van der Waals surface area contributed by atoms with Gasteiger partial charge in [-0.15, -0.1) is 0 Å². The third-order valence-electron chi connectivity index (χ3n) is 4.54. The van der Waals surface area contributed by atoms with Crippen LogP contribution in [0.25, 0.3) is 0 Å². The summed E-state index contributed by atoms with van der Waals surface area (Å²) in [7, 11) is -0.693. The molecule has 158 valence electrons. The molecule has 0 aliphatic heterocycles. The van der Waals surface area contributed by atoms with Gasteiger partial charge in [0.15, 0.2) is 11.6 Å². The smallest absolute Gasteiger partial charge is 0.319 e. The summed E-state index contributed by atoms with van der Waals surface area (Å²) in [6, 6.07) is 9.24. The van der Waals surface area contributed by atoms with Crippen LogP contribution < -0.4 is 15.4 Å². The molecule has 29 heavy (non-hydrogen) atoms. The molecule has 0 unspecified atom stereocenters. The minimum atomic E-state index is -3.59. The van der Waals surface area contributed by atoms with Gasteiger partial charge in [0.05, 0.1) is 18.0 Å². The fourth-order valence-corrected chi connectivity index (χ4v) is 3.92. The van der Waals surface area contributed by atoms with Crippen LogP contribution in [0, 0.1) is 5.82 Å². The number of rotatable bonds is 7. The molecule has 2 rings (SSSR count). The van der Waals surface area contributed by atoms with Gasteiger partial charge in [0, 0.05) is 18.8 Å². The first-order valence-corrected chi connectivity index (χ1v) is 10.5. The molecule has 2 N–H and O–H groups in total. The highest BCUT2D eigenvalue weighted by Gasteiger charge is 2.23. The molecule has 0 bridgehead atoms. The van der Waals surface area contributed by atoms with E-state index in [1.807, 2.05) is 0 Å². The molecule has 0 aliphatic carbocycles. The van der Waals surface area contributed by atoms with E-state index in [0.717, 1.165) is 0 Å². The summed E-state index contributed by atoms with van der Waals surface area (Å²) in [5.41, 5.74) is 1.01. The van der Waals surface area contributed by atoms with E-state index in [0.29, 0.717) is 11.3 Å². The average molecular weight is 424 g/mol. The minimum Gasteiger partial charge on any atom is -0.494 e. The number of urea groups is 1. The van der Waals surface area contributed by atoms with Gasteiger partial charge in [-0.05, 0) is 62.7 Å². The van der Waals surface area contributed by atoms with Crippen molar-refractivity contribution in [3.63, 3.8) is 0 Å². The normalized spacial score (nSPS) is 12.7. The summed E-state index contributed by atoms with van der Waals surface area (Å²) < 4.78 is 44.9. The van der Waals surface area contributed by atoms with E-state index in [9.17, 15) is 17.6 Å². The number of hydrogen-bond donors (Lipinski definition) is 2. The second kappa shape index (κ2) is 9.23. The monoisotopic (exact) mass is 423 g/mol. The Balaban J connectivity index is 2.03. The molecule has 0 radical (unpaired) electrons. The van der Waals surface area contributed by atoms with Gasteiger partial charge in [0.1, 0.15) is 0 Å². The second-order valence-corrected chi connectivity index (χ2v) is 8.85. The maximum atomic E-state index is 13.8. The summed E-state index contributed by atoms with van der Waals surface area (Å²) in [6.45, 7) is 5.29. The lowest BCUT2D eigenvalue weighted by atomic mass is 10.1. The van der Waals surface area contributed by atoms with Crippen LogP contribution >= 0.6 is 0 Å². The largest absolute Gasteiger partial charge is 0.494 e. The number of carbonyl (C=O) groups excluding carboxylic acids is 1. The van der Waals surface area contributed by atoms with E-state index in [1.165, 1.54) is 54.9 Å². The van der Waals surface area contributed by atoms with Crippen LogP contribution in [0.1, 0.15) is 32.4 Å². The van der Waals surface area contributed by atoms with Crippen LogP contribution in [-0.2, 0) is 10.0 Å². The number of ether oxygens (including phenoxy) is 1. The van der Waals surface area contributed by atoms with E-state index in [4.69, 9.17) is 4.74 Å². The van der Waals surface area contributed by atoms with E-state index in [-0.39, 0.29) is 16.7 Å². The first-order valence-electron chi connectivity index (χ1n) is 9.05. The topological polar surface area (TPSA) is 87.7 Å². The summed E-state index contributed by atoms with van der Waals surface area (Å²) >= 11 is 0. The quantitative estimate of drug-likeness (QED) is 0.710. The molecular weight excluding hydrogens is 397 g/mol. The Morgan fingerprint density at radius 2 is 1.72 bits per heavy atom. The number of nitrogens with one attached hydrogen (secondary N) is 2. The maximum Gasteiger partial charge on any atom is 0.319 e. The number of amides is 2. The molecule has 2 aromatic rings. The van der Waals surface area contributed by atoms with Crippen molar-refractivity contribution in [2.75, 3.05) is 19.5 Å².